The van der Waals surface area contributed by atoms with Gasteiger partial charge in [-0.2, -0.15) is 5.10 Å². The first kappa shape index (κ1) is 23.3. The summed E-state index contributed by atoms with van der Waals surface area (Å²) in [5, 5.41) is 17.7. The molecule has 2 aromatic heterocycles. The number of carbonyl (C=O) groups excluding carboxylic acids is 1. The highest BCUT2D eigenvalue weighted by Crippen LogP contribution is 2.27. The number of aryl methyl sites for hydroxylation is 2. The maximum absolute atomic E-state index is 14.0. The SMILES string of the molecule is Cc1ccc(-c2cn3nc(C(=O)N[C@@H](c4ccc(F)cc4)C(C)(C)O)c(C)c3c(=O)[nH]2)cc1F. The van der Waals surface area contributed by atoms with Crippen LogP contribution in [0.15, 0.2) is 53.5 Å². The molecule has 0 aliphatic heterocycles. The highest BCUT2D eigenvalue weighted by molar-refractivity contribution is 5.96. The van der Waals surface area contributed by atoms with Gasteiger partial charge in [-0.15, -0.1) is 0 Å². The van der Waals surface area contributed by atoms with Crippen LogP contribution in [0.25, 0.3) is 16.8 Å². The Balaban J connectivity index is 1.73. The van der Waals surface area contributed by atoms with Crippen LogP contribution in [-0.4, -0.2) is 31.2 Å². The second-order valence-corrected chi connectivity index (χ2v) is 8.84. The van der Waals surface area contributed by atoms with Gasteiger partial charge in [-0.3, -0.25) is 9.59 Å². The van der Waals surface area contributed by atoms with Crippen LogP contribution in [0.3, 0.4) is 0 Å². The number of aliphatic hydroxyl groups is 1. The number of aromatic amines is 1. The van der Waals surface area contributed by atoms with Gasteiger partial charge in [-0.1, -0.05) is 24.3 Å². The zero-order valence-corrected chi connectivity index (χ0v) is 19.1. The van der Waals surface area contributed by atoms with Crippen molar-refractivity contribution in [1.29, 1.82) is 0 Å². The fraction of sp³-hybridized carbons (Fsp3) is 0.240. The molecule has 4 aromatic rings. The molecule has 1 atom stereocenters. The molecule has 2 aromatic carbocycles. The molecule has 0 fully saturated rings. The summed E-state index contributed by atoms with van der Waals surface area (Å²) in [6.45, 7) is 6.28. The standard InChI is InChI=1S/C25H24F2N4O3/c1-13-5-6-16(11-18(13)27)19-12-31-21(24(33)28-19)14(2)20(30-31)23(32)29-22(25(3,4)34)15-7-9-17(26)10-8-15/h5-12,22,34H,1-4H3,(H,28,33)(H,29,32)/t22-/m0/s1. The van der Waals surface area contributed by atoms with E-state index in [9.17, 15) is 23.5 Å². The summed E-state index contributed by atoms with van der Waals surface area (Å²) in [6, 6.07) is 9.17. The molecule has 176 valence electrons. The number of hydrogen-bond donors (Lipinski definition) is 3. The van der Waals surface area contributed by atoms with E-state index < -0.39 is 34.7 Å². The molecule has 9 heteroatoms. The van der Waals surface area contributed by atoms with Crippen molar-refractivity contribution in [2.75, 3.05) is 0 Å². The third-order valence-corrected chi connectivity index (χ3v) is 5.75. The highest BCUT2D eigenvalue weighted by atomic mass is 19.1. The number of halogens is 2. The summed E-state index contributed by atoms with van der Waals surface area (Å²) in [4.78, 5) is 28.7. The lowest BCUT2D eigenvalue weighted by Gasteiger charge is -2.30. The molecule has 2 heterocycles. The molecule has 0 saturated carbocycles. The van der Waals surface area contributed by atoms with Gasteiger partial charge >= 0.3 is 0 Å². The van der Waals surface area contributed by atoms with Crippen LogP contribution in [0, 0.1) is 25.5 Å². The first-order chi connectivity index (χ1) is 16.0. The van der Waals surface area contributed by atoms with Gasteiger partial charge in [0.25, 0.3) is 11.5 Å². The summed E-state index contributed by atoms with van der Waals surface area (Å²) in [7, 11) is 0. The van der Waals surface area contributed by atoms with Crippen LogP contribution in [0.1, 0.15) is 47.1 Å². The maximum Gasteiger partial charge on any atom is 0.274 e. The van der Waals surface area contributed by atoms with Gasteiger partial charge in [0.05, 0.1) is 23.5 Å². The molecule has 0 spiro atoms. The lowest BCUT2D eigenvalue weighted by Crippen LogP contribution is -2.42. The number of aromatic nitrogens is 3. The van der Waals surface area contributed by atoms with E-state index in [1.807, 2.05) is 0 Å². The largest absolute Gasteiger partial charge is 0.388 e. The normalized spacial score (nSPS) is 12.7. The molecule has 4 rings (SSSR count). The molecule has 0 aliphatic rings. The van der Waals surface area contributed by atoms with Crippen molar-refractivity contribution in [3.63, 3.8) is 0 Å². The van der Waals surface area contributed by atoms with Crippen LogP contribution >= 0.6 is 0 Å². The topological polar surface area (TPSA) is 99.5 Å². The molecule has 0 aliphatic carbocycles. The number of hydrogen-bond acceptors (Lipinski definition) is 4. The fourth-order valence-electron chi connectivity index (χ4n) is 3.87. The predicted octanol–water partition coefficient (Wildman–Crippen LogP) is 3.83. The van der Waals surface area contributed by atoms with E-state index in [-0.39, 0.29) is 11.2 Å². The Kier molecular flexibility index (Phi) is 5.82. The van der Waals surface area contributed by atoms with Crippen molar-refractivity contribution < 1.29 is 18.7 Å². The minimum Gasteiger partial charge on any atom is -0.388 e. The van der Waals surface area contributed by atoms with Crippen LogP contribution < -0.4 is 10.9 Å². The van der Waals surface area contributed by atoms with E-state index in [2.05, 4.69) is 15.4 Å². The summed E-state index contributed by atoms with van der Waals surface area (Å²) in [5.74, 6) is -1.46. The van der Waals surface area contributed by atoms with Crippen LogP contribution in [-0.2, 0) is 0 Å². The smallest absolute Gasteiger partial charge is 0.274 e. The van der Waals surface area contributed by atoms with E-state index in [0.29, 0.717) is 27.9 Å². The van der Waals surface area contributed by atoms with E-state index in [1.165, 1.54) is 54.9 Å². The Labute approximate surface area is 194 Å². The Morgan fingerprint density at radius 3 is 2.44 bits per heavy atom. The predicted molar refractivity (Wildman–Crippen MR) is 124 cm³/mol. The fourth-order valence-corrected chi connectivity index (χ4v) is 3.87. The Hall–Kier alpha value is -3.85. The van der Waals surface area contributed by atoms with E-state index in [4.69, 9.17) is 0 Å². The first-order valence-electron chi connectivity index (χ1n) is 10.6. The monoisotopic (exact) mass is 466 g/mol. The van der Waals surface area contributed by atoms with Gasteiger partial charge in [0, 0.05) is 11.1 Å². The molecule has 3 N–H and O–H groups in total. The molecular weight excluding hydrogens is 442 g/mol. The van der Waals surface area contributed by atoms with E-state index >= 15 is 0 Å². The molecule has 1 amide bonds. The summed E-state index contributed by atoms with van der Waals surface area (Å²) in [6.07, 6.45) is 1.51. The van der Waals surface area contributed by atoms with Crippen LogP contribution in [0.5, 0.6) is 0 Å². The Morgan fingerprint density at radius 1 is 1.15 bits per heavy atom. The van der Waals surface area contributed by atoms with Crippen molar-refractivity contribution in [3.05, 3.63) is 93.0 Å². The lowest BCUT2D eigenvalue weighted by atomic mass is 9.91. The number of fused-ring (bicyclic) bond motifs is 1. The third-order valence-electron chi connectivity index (χ3n) is 5.75. The number of benzene rings is 2. The molecule has 0 radical (unpaired) electrons. The average Bonchev–Trinajstić information content (AvgIpc) is 3.11. The molecule has 0 bridgehead atoms. The van der Waals surface area contributed by atoms with E-state index in [1.54, 1.807) is 26.0 Å². The number of nitrogens with zero attached hydrogens (tertiary/aromatic N) is 2. The summed E-state index contributed by atoms with van der Waals surface area (Å²) >= 11 is 0. The summed E-state index contributed by atoms with van der Waals surface area (Å²) in [5.41, 5.74) is 0.423. The number of H-pyrrole nitrogens is 1. The van der Waals surface area contributed by atoms with E-state index in [0.717, 1.165) is 0 Å². The first-order valence-corrected chi connectivity index (χ1v) is 10.6. The van der Waals surface area contributed by atoms with Gasteiger partial charge in [-0.25, -0.2) is 13.3 Å². The molecule has 7 nitrogen and oxygen atoms in total. The average molecular weight is 466 g/mol. The van der Waals surface area contributed by atoms with Crippen molar-refractivity contribution in [2.45, 2.75) is 39.3 Å². The van der Waals surface area contributed by atoms with Crippen molar-refractivity contribution in [2.24, 2.45) is 0 Å². The molecule has 0 saturated heterocycles. The highest BCUT2D eigenvalue weighted by Gasteiger charge is 2.32. The van der Waals surface area contributed by atoms with Crippen molar-refractivity contribution in [3.8, 4) is 11.3 Å². The van der Waals surface area contributed by atoms with Gasteiger partial charge in [0.15, 0.2) is 5.69 Å². The zero-order valence-electron chi connectivity index (χ0n) is 19.1. The van der Waals surface area contributed by atoms with Crippen LogP contribution in [0.2, 0.25) is 0 Å². The van der Waals surface area contributed by atoms with Crippen molar-refractivity contribution in [1.82, 2.24) is 19.9 Å². The van der Waals surface area contributed by atoms with Gasteiger partial charge in [0.2, 0.25) is 0 Å². The van der Waals surface area contributed by atoms with Gasteiger partial charge in [0.1, 0.15) is 17.2 Å². The Bertz CT molecular complexity index is 1450. The second-order valence-electron chi connectivity index (χ2n) is 8.84. The van der Waals surface area contributed by atoms with Gasteiger partial charge in [-0.05, 0) is 57.0 Å². The van der Waals surface area contributed by atoms with Gasteiger partial charge < -0.3 is 15.4 Å². The summed E-state index contributed by atoms with van der Waals surface area (Å²) < 4.78 is 28.7. The quantitative estimate of drug-likeness (QED) is 0.416. The number of nitrogens with one attached hydrogen (secondary N) is 2. The van der Waals surface area contributed by atoms with Crippen LogP contribution in [0.4, 0.5) is 8.78 Å². The minimum atomic E-state index is -1.37. The number of rotatable bonds is 5. The maximum atomic E-state index is 14.0. The minimum absolute atomic E-state index is 0.00546. The number of amides is 1. The molecule has 34 heavy (non-hydrogen) atoms. The zero-order chi connectivity index (χ0) is 24.8. The van der Waals surface area contributed by atoms with Crippen molar-refractivity contribution >= 4 is 11.4 Å². The third kappa shape index (κ3) is 4.34. The number of carbonyl (C=O) groups is 1. The second kappa shape index (κ2) is 8.49. The lowest BCUT2D eigenvalue weighted by molar-refractivity contribution is 0.0342. The Morgan fingerprint density at radius 2 is 1.82 bits per heavy atom. The molecule has 0 unspecified atom stereocenters. The molecular formula is C25H24F2N4O3.